The summed E-state index contributed by atoms with van der Waals surface area (Å²) in [6, 6.07) is 0. The number of hydrogen-bond acceptors (Lipinski definition) is 0. The van der Waals surface area contributed by atoms with E-state index in [0.717, 1.165) is 19.3 Å². The molecule has 0 atom stereocenters. The van der Waals surface area contributed by atoms with E-state index in [1.165, 1.54) is 45.0 Å². The second kappa shape index (κ2) is 6.13. The van der Waals surface area contributed by atoms with Gasteiger partial charge in [0.1, 0.15) is 0 Å². The Hall–Kier alpha value is -1.44. The number of hydrogen-bond donors (Lipinski definition) is 2. The summed E-state index contributed by atoms with van der Waals surface area (Å²) < 4.78 is 0. The Morgan fingerprint density at radius 3 is 1.33 bits per heavy atom. The SMILES string of the molecule is CCc1c(C)[nH]c(C(CC)c2[nH]c(C)c(CC)c2C)c1C. The third-order valence-corrected chi connectivity index (χ3v) is 5.08. The van der Waals surface area contributed by atoms with Gasteiger partial charge in [0.2, 0.25) is 0 Å². The van der Waals surface area contributed by atoms with Crippen LogP contribution in [0.3, 0.4) is 0 Å². The zero-order valence-corrected chi connectivity index (χ0v) is 14.7. The topological polar surface area (TPSA) is 31.6 Å². The first-order chi connectivity index (χ1) is 9.96. The smallest absolute Gasteiger partial charge is 0.0394 e. The Kier molecular flexibility index (Phi) is 4.65. The van der Waals surface area contributed by atoms with Crippen molar-refractivity contribution < 1.29 is 0 Å². The molecule has 2 N–H and O–H groups in total. The Balaban J connectivity index is 2.55. The minimum Gasteiger partial charge on any atom is -0.361 e. The van der Waals surface area contributed by atoms with E-state index in [4.69, 9.17) is 0 Å². The van der Waals surface area contributed by atoms with Crippen LogP contribution in [-0.2, 0) is 12.8 Å². The molecule has 0 radical (unpaired) electrons. The predicted octanol–water partition coefficient (Wildman–Crippen LogP) is 5.24. The molecule has 21 heavy (non-hydrogen) atoms. The minimum atomic E-state index is 0.447. The molecule has 2 heterocycles. The van der Waals surface area contributed by atoms with Crippen LogP contribution in [0.4, 0.5) is 0 Å². The van der Waals surface area contributed by atoms with Crippen LogP contribution in [0.15, 0.2) is 0 Å². The van der Waals surface area contributed by atoms with Crippen LogP contribution < -0.4 is 0 Å². The van der Waals surface area contributed by atoms with Crippen molar-refractivity contribution in [3.63, 3.8) is 0 Å². The first-order valence-corrected chi connectivity index (χ1v) is 8.31. The second-order valence-corrected chi connectivity index (χ2v) is 6.20. The number of aromatic nitrogens is 2. The molecule has 2 rings (SSSR count). The summed E-state index contributed by atoms with van der Waals surface area (Å²) in [7, 11) is 0. The number of nitrogens with one attached hydrogen (secondary N) is 2. The standard InChI is InChI=1S/C19H30N2/c1-8-15-11(4)18(20-13(15)6)17(10-3)19-12(5)16(9-2)14(7)21-19/h17,20-21H,8-10H2,1-7H3. The van der Waals surface area contributed by atoms with Gasteiger partial charge < -0.3 is 9.97 Å². The lowest BCUT2D eigenvalue weighted by atomic mass is 9.91. The first kappa shape index (κ1) is 15.9. The fraction of sp³-hybridized carbons (Fsp3) is 0.579. The van der Waals surface area contributed by atoms with E-state index in [1.807, 2.05) is 0 Å². The summed E-state index contributed by atoms with van der Waals surface area (Å²) in [5.74, 6) is 0.447. The van der Waals surface area contributed by atoms with Gasteiger partial charge in [-0.05, 0) is 69.2 Å². The van der Waals surface area contributed by atoms with Crippen LogP contribution >= 0.6 is 0 Å². The van der Waals surface area contributed by atoms with Gasteiger partial charge in [0.05, 0.1) is 0 Å². The normalized spacial score (nSPS) is 11.6. The van der Waals surface area contributed by atoms with Gasteiger partial charge in [-0.1, -0.05) is 20.8 Å². The maximum Gasteiger partial charge on any atom is 0.0394 e. The van der Waals surface area contributed by atoms with Crippen molar-refractivity contribution in [3.8, 4) is 0 Å². The summed E-state index contributed by atoms with van der Waals surface area (Å²) >= 11 is 0. The Morgan fingerprint density at radius 1 is 0.714 bits per heavy atom. The molecule has 0 spiro atoms. The highest BCUT2D eigenvalue weighted by Gasteiger charge is 2.23. The van der Waals surface area contributed by atoms with Crippen molar-refractivity contribution in [3.05, 3.63) is 45.0 Å². The zero-order chi connectivity index (χ0) is 15.7. The Labute approximate surface area is 129 Å². The van der Waals surface area contributed by atoms with Crippen molar-refractivity contribution in [1.29, 1.82) is 0 Å². The van der Waals surface area contributed by atoms with Crippen molar-refractivity contribution in [1.82, 2.24) is 9.97 Å². The van der Waals surface area contributed by atoms with E-state index in [0.29, 0.717) is 5.92 Å². The molecule has 0 amide bonds. The van der Waals surface area contributed by atoms with Gasteiger partial charge in [-0.3, -0.25) is 0 Å². The van der Waals surface area contributed by atoms with Gasteiger partial charge in [0.15, 0.2) is 0 Å². The van der Waals surface area contributed by atoms with Crippen LogP contribution in [0.25, 0.3) is 0 Å². The van der Waals surface area contributed by atoms with Crippen LogP contribution in [-0.4, -0.2) is 9.97 Å². The van der Waals surface area contributed by atoms with Gasteiger partial charge in [0, 0.05) is 28.7 Å². The molecular formula is C19H30N2. The summed E-state index contributed by atoms with van der Waals surface area (Å²) in [5, 5.41) is 0. The molecule has 0 saturated carbocycles. The molecule has 2 nitrogen and oxygen atoms in total. The average Bonchev–Trinajstić information content (AvgIpc) is 2.89. The molecule has 0 fully saturated rings. The molecule has 0 aromatic carbocycles. The molecular weight excluding hydrogens is 256 g/mol. The van der Waals surface area contributed by atoms with E-state index in [2.05, 4.69) is 58.4 Å². The third kappa shape index (κ3) is 2.56. The third-order valence-electron chi connectivity index (χ3n) is 5.08. The lowest BCUT2D eigenvalue weighted by Gasteiger charge is -2.16. The van der Waals surface area contributed by atoms with E-state index in [1.54, 1.807) is 0 Å². The maximum absolute atomic E-state index is 3.67. The molecule has 0 bridgehead atoms. The monoisotopic (exact) mass is 286 g/mol. The van der Waals surface area contributed by atoms with E-state index in [-0.39, 0.29) is 0 Å². The molecule has 0 aliphatic rings. The van der Waals surface area contributed by atoms with Crippen molar-refractivity contribution in [2.24, 2.45) is 0 Å². The van der Waals surface area contributed by atoms with Gasteiger partial charge in [-0.25, -0.2) is 0 Å². The predicted molar refractivity (Wildman–Crippen MR) is 91.4 cm³/mol. The summed E-state index contributed by atoms with van der Waals surface area (Å²) in [5.41, 5.74) is 11.3. The second-order valence-electron chi connectivity index (χ2n) is 6.20. The van der Waals surface area contributed by atoms with Gasteiger partial charge in [-0.2, -0.15) is 0 Å². The van der Waals surface area contributed by atoms with Gasteiger partial charge in [-0.15, -0.1) is 0 Å². The molecule has 116 valence electrons. The summed E-state index contributed by atoms with van der Waals surface area (Å²) in [6.07, 6.45) is 3.33. The Morgan fingerprint density at radius 2 is 1.10 bits per heavy atom. The minimum absolute atomic E-state index is 0.447. The van der Waals surface area contributed by atoms with Crippen molar-refractivity contribution in [2.45, 2.75) is 73.6 Å². The van der Waals surface area contributed by atoms with Crippen molar-refractivity contribution in [2.75, 3.05) is 0 Å². The largest absolute Gasteiger partial charge is 0.361 e. The van der Waals surface area contributed by atoms with Crippen LogP contribution in [0.2, 0.25) is 0 Å². The lowest BCUT2D eigenvalue weighted by molar-refractivity contribution is 0.721. The van der Waals surface area contributed by atoms with Gasteiger partial charge >= 0.3 is 0 Å². The van der Waals surface area contributed by atoms with E-state index >= 15 is 0 Å². The molecule has 0 aliphatic heterocycles. The molecule has 0 aliphatic carbocycles. The molecule has 0 unspecified atom stereocenters. The van der Waals surface area contributed by atoms with Crippen molar-refractivity contribution >= 4 is 0 Å². The lowest BCUT2D eigenvalue weighted by Crippen LogP contribution is -2.05. The zero-order valence-electron chi connectivity index (χ0n) is 14.7. The fourth-order valence-electron chi connectivity index (χ4n) is 3.94. The van der Waals surface area contributed by atoms with Crippen LogP contribution in [0.1, 0.15) is 78.1 Å². The molecule has 2 aromatic heterocycles. The van der Waals surface area contributed by atoms with Crippen LogP contribution in [0, 0.1) is 27.7 Å². The molecule has 2 heteroatoms. The summed E-state index contributed by atoms with van der Waals surface area (Å²) in [4.78, 5) is 7.33. The molecule has 0 saturated heterocycles. The number of aromatic amines is 2. The first-order valence-electron chi connectivity index (χ1n) is 8.31. The fourth-order valence-corrected chi connectivity index (χ4v) is 3.94. The van der Waals surface area contributed by atoms with E-state index < -0.39 is 0 Å². The number of H-pyrrole nitrogens is 2. The number of aryl methyl sites for hydroxylation is 2. The summed E-state index contributed by atoms with van der Waals surface area (Å²) in [6.45, 7) is 15.7. The highest BCUT2D eigenvalue weighted by atomic mass is 14.8. The van der Waals surface area contributed by atoms with Crippen LogP contribution in [0.5, 0.6) is 0 Å². The quantitative estimate of drug-likeness (QED) is 0.753. The number of rotatable bonds is 5. The molecule has 2 aromatic rings. The van der Waals surface area contributed by atoms with E-state index in [9.17, 15) is 0 Å². The Bertz CT molecular complexity index is 574. The van der Waals surface area contributed by atoms with Gasteiger partial charge in [0.25, 0.3) is 0 Å². The maximum atomic E-state index is 3.67. The highest BCUT2D eigenvalue weighted by molar-refractivity contribution is 5.45. The average molecular weight is 286 g/mol. The highest BCUT2D eigenvalue weighted by Crippen LogP contribution is 2.35.